The molecule has 3 rings (SSSR count). The first-order valence-corrected chi connectivity index (χ1v) is 9.40. The molecule has 2 heterocycles. The van der Waals surface area contributed by atoms with Crippen LogP contribution in [0.5, 0.6) is 11.5 Å². The van der Waals surface area contributed by atoms with Crippen molar-refractivity contribution < 1.29 is 23.8 Å². The molecule has 2 aromatic rings. The molecule has 0 fully saturated rings. The quantitative estimate of drug-likeness (QED) is 0.585. The number of amides is 2. The summed E-state index contributed by atoms with van der Waals surface area (Å²) in [7, 11) is 0. The molecule has 1 aliphatic rings. The van der Waals surface area contributed by atoms with Crippen LogP contribution < -0.4 is 20.2 Å². The summed E-state index contributed by atoms with van der Waals surface area (Å²) in [4.78, 5) is 24.1. The van der Waals surface area contributed by atoms with Gasteiger partial charge in [0.15, 0.2) is 11.5 Å². The van der Waals surface area contributed by atoms with Gasteiger partial charge in [-0.15, -0.1) is 0 Å². The summed E-state index contributed by atoms with van der Waals surface area (Å²) in [6.45, 7) is 5.57. The number of hydrogen-bond donors (Lipinski definition) is 2. The summed E-state index contributed by atoms with van der Waals surface area (Å²) >= 11 is 1.11. The molecule has 0 unspecified atom stereocenters. The van der Waals surface area contributed by atoms with Crippen molar-refractivity contribution in [2.45, 2.75) is 26.9 Å². The molecule has 10 heteroatoms. The van der Waals surface area contributed by atoms with Gasteiger partial charge >= 0.3 is 6.09 Å². The number of ether oxygens (including phenoxy) is 3. The first-order chi connectivity index (χ1) is 13.5. The molecule has 0 aliphatic carbocycles. The Balaban J connectivity index is 1.67. The van der Waals surface area contributed by atoms with E-state index in [1.54, 1.807) is 39.0 Å². The minimum Gasteiger partial charge on any atom is -0.485 e. The van der Waals surface area contributed by atoms with Crippen molar-refractivity contribution in [3.8, 4) is 11.5 Å². The fraction of sp³-hybridized carbons (Fsp3) is 0.333. The summed E-state index contributed by atoms with van der Waals surface area (Å²) < 4.78 is 20.3. The first kappa shape index (κ1) is 19.6. The van der Waals surface area contributed by atoms with E-state index in [4.69, 9.17) is 14.2 Å². The van der Waals surface area contributed by atoms with Crippen LogP contribution in [-0.4, -0.2) is 41.4 Å². The number of benzene rings is 1. The number of carbonyl (C=O) groups is 2. The molecule has 9 nitrogen and oxygen atoms in total. The molecular formula is C18H20N4O5S. The molecule has 2 N–H and O–H groups in total. The number of para-hydroxylation sites is 2. The van der Waals surface area contributed by atoms with Crippen molar-refractivity contribution in [3.63, 3.8) is 0 Å². The summed E-state index contributed by atoms with van der Waals surface area (Å²) in [5, 5.41) is 7.26. The molecule has 0 radical (unpaired) electrons. The highest BCUT2D eigenvalue weighted by Crippen LogP contribution is 2.31. The van der Waals surface area contributed by atoms with Crippen LogP contribution in [0.4, 0.5) is 9.80 Å². The van der Waals surface area contributed by atoms with Gasteiger partial charge < -0.3 is 14.2 Å². The van der Waals surface area contributed by atoms with E-state index in [1.807, 2.05) is 6.07 Å². The molecule has 0 spiro atoms. The molecule has 0 bridgehead atoms. The van der Waals surface area contributed by atoms with E-state index in [-0.39, 0.29) is 13.2 Å². The Labute approximate surface area is 165 Å². The standard InChI is InChI=1S/C18H20N4O5S/c1-4-25-18(24)19-17-15(11(3)22-28-17)10(2)20-21-16(23)14-9-26-12-7-5-6-8-13(12)27-14/h5-8,14H,4,9H2,1-3H3,(H,19,24)(H,21,23)/b20-10+/t14-/m0/s1. The lowest BCUT2D eigenvalue weighted by molar-refractivity contribution is -0.130. The molecule has 1 aromatic heterocycles. The average molecular weight is 404 g/mol. The van der Waals surface area contributed by atoms with Crippen LogP contribution in [0.2, 0.25) is 0 Å². The predicted molar refractivity (Wildman–Crippen MR) is 104 cm³/mol. The number of anilines is 1. The number of hydrogen-bond acceptors (Lipinski definition) is 8. The van der Waals surface area contributed by atoms with Crippen LogP contribution in [0.1, 0.15) is 25.1 Å². The number of aryl methyl sites for hydroxylation is 1. The molecule has 1 aliphatic heterocycles. The van der Waals surface area contributed by atoms with E-state index in [9.17, 15) is 9.59 Å². The number of hydrazone groups is 1. The zero-order valence-electron chi connectivity index (χ0n) is 15.6. The van der Waals surface area contributed by atoms with Crippen LogP contribution in [0.15, 0.2) is 29.4 Å². The fourth-order valence-electron chi connectivity index (χ4n) is 2.56. The van der Waals surface area contributed by atoms with E-state index < -0.39 is 18.1 Å². The average Bonchev–Trinajstić information content (AvgIpc) is 3.05. The maximum absolute atomic E-state index is 12.4. The number of aromatic nitrogens is 1. The Morgan fingerprint density at radius 1 is 1.36 bits per heavy atom. The summed E-state index contributed by atoms with van der Waals surface area (Å²) in [5.74, 6) is 0.670. The Hall–Kier alpha value is -3.14. The third-order valence-corrected chi connectivity index (χ3v) is 4.70. The van der Waals surface area contributed by atoms with Gasteiger partial charge in [-0.25, -0.2) is 10.2 Å². The minimum atomic E-state index is -0.815. The molecule has 2 amide bonds. The van der Waals surface area contributed by atoms with E-state index in [0.29, 0.717) is 33.5 Å². The molecule has 1 atom stereocenters. The topological polar surface area (TPSA) is 111 Å². The van der Waals surface area contributed by atoms with Crippen molar-refractivity contribution in [1.29, 1.82) is 0 Å². The van der Waals surface area contributed by atoms with E-state index in [2.05, 4.69) is 20.2 Å². The van der Waals surface area contributed by atoms with Crippen LogP contribution in [-0.2, 0) is 9.53 Å². The second-order valence-corrected chi connectivity index (χ2v) is 6.63. The Kier molecular flexibility index (Phi) is 6.09. The highest BCUT2D eigenvalue weighted by atomic mass is 32.1. The van der Waals surface area contributed by atoms with E-state index in [1.165, 1.54) is 0 Å². The van der Waals surface area contributed by atoms with Crippen molar-refractivity contribution in [2.24, 2.45) is 5.10 Å². The van der Waals surface area contributed by atoms with Crippen LogP contribution in [0.3, 0.4) is 0 Å². The Bertz CT molecular complexity index is 911. The van der Waals surface area contributed by atoms with Crippen molar-refractivity contribution >= 4 is 34.2 Å². The number of rotatable bonds is 5. The summed E-state index contributed by atoms with van der Waals surface area (Å²) in [5.41, 5.74) is 4.28. The van der Waals surface area contributed by atoms with Gasteiger partial charge in [0, 0.05) is 0 Å². The third-order valence-electron chi connectivity index (χ3n) is 3.85. The third kappa shape index (κ3) is 4.39. The molecular weight excluding hydrogens is 384 g/mol. The van der Waals surface area contributed by atoms with Gasteiger partial charge in [-0.3, -0.25) is 10.1 Å². The Morgan fingerprint density at radius 3 is 2.86 bits per heavy atom. The SMILES string of the molecule is CCOC(=O)Nc1snc(C)c1/C(C)=N/NC(=O)[C@@H]1COc2ccccc2O1. The summed E-state index contributed by atoms with van der Waals surface area (Å²) in [6.07, 6.45) is -1.39. The highest BCUT2D eigenvalue weighted by Gasteiger charge is 2.27. The molecule has 148 valence electrons. The number of fused-ring (bicyclic) bond motifs is 1. The first-order valence-electron chi connectivity index (χ1n) is 8.62. The normalized spacial score (nSPS) is 15.7. The van der Waals surface area contributed by atoms with Gasteiger partial charge in [0.05, 0.1) is 23.6 Å². The van der Waals surface area contributed by atoms with Crippen LogP contribution in [0, 0.1) is 6.92 Å². The van der Waals surface area contributed by atoms with Crippen molar-refractivity contribution in [1.82, 2.24) is 9.80 Å². The van der Waals surface area contributed by atoms with Crippen molar-refractivity contribution in [3.05, 3.63) is 35.5 Å². The minimum absolute atomic E-state index is 0.0894. The van der Waals surface area contributed by atoms with Gasteiger partial charge in [0.1, 0.15) is 11.6 Å². The van der Waals surface area contributed by atoms with Crippen LogP contribution in [0.25, 0.3) is 0 Å². The smallest absolute Gasteiger partial charge is 0.412 e. The molecule has 0 saturated heterocycles. The molecule has 1 aromatic carbocycles. The maximum atomic E-state index is 12.4. The monoisotopic (exact) mass is 404 g/mol. The van der Waals surface area contributed by atoms with Crippen molar-refractivity contribution in [2.75, 3.05) is 18.5 Å². The largest absolute Gasteiger partial charge is 0.485 e. The number of carbonyl (C=O) groups excluding carboxylic acids is 2. The second-order valence-electron chi connectivity index (χ2n) is 5.86. The highest BCUT2D eigenvalue weighted by molar-refractivity contribution is 7.11. The second kappa shape index (κ2) is 8.70. The van der Waals surface area contributed by atoms with Gasteiger partial charge in [-0.2, -0.15) is 9.47 Å². The van der Waals surface area contributed by atoms with Crippen LogP contribution >= 0.6 is 11.5 Å². The van der Waals surface area contributed by atoms with Gasteiger partial charge in [0.25, 0.3) is 5.91 Å². The van der Waals surface area contributed by atoms with E-state index >= 15 is 0 Å². The summed E-state index contributed by atoms with van der Waals surface area (Å²) in [6, 6.07) is 7.14. The zero-order valence-corrected chi connectivity index (χ0v) is 16.5. The number of nitrogens with one attached hydrogen (secondary N) is 2. The van der Waals surface area contributed by atoms with Gasteiger partial charge in [0.2, 0.25) is 6.10 Å². The number of nitrogens with zero attached hydrogens (tertiary/aromatic N) is 2. The fourth-order valence-corrected chi connectivity index (χ4v) is 3.39. The lowest BCUT2D eigenvalue weighted by Crippen LogP contribution is -2.42. The molecule has 28 heavy (non-hydrogen) atoms. The van der Waals surface area contributed by atoms with Gasteiger partial charge in [-0.1, -0.05) is 12.1 Å². The lowest BCUT2D eigenvalue weighted by Gasteiger charge is -2.24. The lowest BCUT2D eigenvalue weighted by atomic mass is 10.2. The maximum Gasteiger partial charge on any atom is 0.412 e. The molecule has 0 saturated carbocycles. The Morgan fingerprint density at radius 2 is 2.11 bits per heavy atom. The van der Waals surface area contributed by atoms with E-state index in [0.717, 1.165) is 11.5 Å². The zero-order chi connectivity index (χ0) is 20.1. The predicted octanol–water partition coefficient (Wildman–Crippen LogP) is 2.70. The van der Waals surface area contributed by atoms with Gasteiger partial charge in [-0.05, 0) is 44.4 Å².